The first-order valence-electron chi connectivity index (χ1n) is 18.1. The van der Waals surface area contributed by atoms with Gasteiger partial charge in [0.1, 0.15) is 24.1 Å². The van der Waals surface area contributed by atoms with E-state index in [1.165, 1.54) is 7.11 Å². The van der Waals surface area contributed by atoms with E-state index in [4.69, 9.17) is 28.4 Å². The lowest BCUT2D eigenvalue weighted by atomic mass is 9.79. The first-order chi connectivity index (χ1) is 22.8. The van der Waals surface area contributed by atoms with Crippen LogP contribution in [0.4, 0.5) is 0 Å². The van der Waals surface area contributed by atoms with Crippen molar-refractivity contribution in [1.29, 1.82) is 0 Å². The number of Topliss-reactive ketones (excluding diaryl/α,β-unsaturated/α-hetero) is 1. The topological polar surface area (TPSA) is 174 Å². The zero-order valence-electron chi connectivity index (χ0n) is 31.6. The molecule has 0 aromatic rings. The monoisotopic (exact) mass is 703 g/mol. The molecular weight excluding hydrogens is 638 g/mol. The summed E-state index contributed by atoms with van der Waals surface area (Å²) >= 11 is 0. The summed E-state index contributed by atoms with van der Waals surface area (Å²) in [5, 5.41) is 45.4. The molecule has 286 valence electrons. The molecule has 4 N–H and O–H groups in total. The van der Waals surface area contributed by atoms with E-state index in [9.17, 15) is 30.0 Å². The number of carbonyl (C=O) groups excluding carboxylic acids is 2. The van der Waals surface area contributed by atoms with Gasteiger partial charge >= 0.3 is 5.97 Å². The van der Waals surface area contributed by atoms with Gasteiger partial charge in [-0.05, 0) is 61.1 Å². The molecule has 3 aliphatic rings. The maximum atomic E-state index is 14.0. The first-order valence-corrected chi connectivity index (χ1v) is 18.1. The lowest BCUT2D eigenvalue weighted by Crippen LogP contribution is -2.59. The average molecular weight is 704 g/mol. The summed E-state index contributed by atoms with van der Waals surface area (Å²) in [6, 6.07) is -0.285. The number of aliphatic hydroxyl groups excluding tert-OH is 4. The number of rotatable bonds is 7. The van der Waals surface area contributed by atoms with Crippen LogP contribution in [0.5, 0.6) is 0 Å². The summed E-state index contributed by atoms with van der Waals surface area (Å²) in [6.45, 7) is 15.8. The van der Waals surface area contributed by atoms with Crippen molar-refractivity contribution in [1.82, 2.24) is 4.90 Å². The van der Waals surface area contributed by atoms with Crippen molar-refractivity contribution in [3.63, 3.8) is 0 Å². The summed E-state index contributed by atoms with van der Waals surface area (Å²) < 4.78 is 37.1. The lowest BCUT2D eigenvalue weighted by Gasteiger charge is -2.47. The number of carbonyl (C=O) groups is 2. The molecule has 0 aromatic carbocycles. The van der Waals surface area contributed by atoms with Crippen LogP contribution in [0.2, 0.25) is 0 Å². The number of cyclic esters (lactones) is 1. The predicted molar refractivity (Wildman–Crippen MR) is 180 cm³/mol. The highest BCUT2D eigenvalue weighted by Crippen LogP contribution is 2.38. The van der Waals surface area contributed by atoms with Crippen LogP contribution in [-0.4, -0.2) is 137 Å². The van der Waals surface area contributed by atoms with E-state index in [2.05, 4.69) is 0 Å². The number of esters is 1. The molecular formula is C36H65NO12. The number of hydrogen-bond donors (Lipinski definition) is 4. The highest BCUT2D eigenvalue weighted by Gasteiger charge is 2.50. The molecule has 0 aromatic heterocycles. The molecule has 13 heteroatoms. The molecule has 3 fully saturated rings. The Kier molecular flexibility index (Phi) is 15.1. The Morgan fingerprint density at radius 3 is 2.06 bits per heavy atom. The Bertz CT molecular complexity index is 1080. The molecule has 0 aliphatic carbocycles. The van der Waals surface area contributed by atoms with Crippen LogP contribution in [0.1, 0.15) is 88.0 Å². The molecule has 3 saturated heterocycles. The number of nitrogens with zero attached hydrogens (tertiary/aromatic N) is 1. The van der Waals surface area contributed by atoms with Crippen LogP contribution in [0.25, 0.3) is 0 Å². The van der Waals surface area contributed by atoms with Crippen molar-refractivity contribution in [3.8, 4) is 0 Å². The fourth-order valence-electron chi connectivity index (χ4n) is 7.89. The molecule has 49 heavy (non-hydrogen) atoms. The Labute approximate surface area is 292 Å². The van der Waals surface area contributed by atoms with E-state index in [1.54, 1.807) is 48.5 Å². The van der Waals surface area contributed by atoms with Crippen molar-refractivity contribution in [3.05, 3.63) is 0 Å². The van der Waals surface area contributed by atoms with Crippen molar-refractivity contribution >= 4 is 11.8 Å². The van der Waals surface area contributed by atoms with Crippen LogP contribution in [0, 0.1) is 29.6 Å². The molecule has 0 saturated carbocycles. The Morgan fingerprint density at radius 2 is 1.49 bits per heavy atom. The fourth-order valence-corrected chi connectivity index (χ4v) is 7.89. The van der Waals surface area contributed by atoms with Crippen LogP contribution in [0.3, 0.4) is 0 Å². The van der Waals surface area contributed by atoms with Gasteiger partial charge in [0.05, 0.1) is 48.1 Å². The maximum absolute atomic E-state index is 14.0. The molecule has 2 unspecified atom stereocenters. The second kappa shape index (κ2) is 17.5. The Morgan fingerprint density at radius 1 is 0.857 bits per heavy atom. The van der Waals surface area contributed by atoms with Gasteiger partial charge in [0.2, 0.25) is 0 Å². The second-order valence-corrected chi connectivity index (χ2v) is 15.5. The third-order valence-electron chi connectivity index (χ3n) is 11.5. The van der Waals surface area contributed by atoms with Gasteiger partial charge in [0.15, 0.2) is 12.6 Å². The normalized spacial score (nSPS) is 48.2. The highest BCUT2D eigenvalue weighted by molar-refractivity contribution is 5.83. The van der Waals surface area contributed by atoms with Gasteiger partial charge in [-0.2, -0.15) is 0 Å². The summed E-state index contributed by atoms with van der Waals surface area (Å²) in [7, 11) is 5.23. The molecule has 0 amide bonds. The standard InChI is InChI=1S/C36H65NO12/c1-13-26-19(4)29(40)20(5)28(39)17(2)14-25(38)32(49-35-30(41)24(37(10)11)15-18(3)45-35)21(6)31(22(7)34(43)47-26)48-27-16-36(9,44-12)33(42)23(8)46-27/h17-27,29-33,35,38,40-42H,13-16H2,1-12H3/t17-,18-,19+,20+,21+,22-,23+,24+,25-,26?,27+,29+,30-,31?,32-,33+,35+,36-/m1/s1. The van der Waals surface area contributed by atoms with E-state index in [1.807, 2.05) is 32.8 Å². The predicted octanol–water partition coefficient (Wildman–Crippen LogP) is 2.28. The second-order valence-electron chi connectivity index (χ2n) is 15.5. The molecule has 3 heterocycles. The van der Waals surface area contributed by atoms with Crippen LogP contribution >= 0.6 is 0 Å². The van der Waals surface area contributed by atoms with E-state index in [0.29, 0.717) is 12.8 Å². The third-order valence-corrected chi connectivity index (χ3v) is 11.5. The van der Waals surface area contributed by atoms with Gasteiger partial charge in [-0.3, -0.25) is 9.59 Å². The first kappa shape index (κ1) is 42.2. The number of ketones is 1. The fraction of sp³-hybridized carbons (Fsp3) is 0.944. The minimum absolute atomic E-state index is 0.0115. The zero-order valence-corrected chi connectivity index (χ0v) is 31.6. The van der Waals surface area contributed by atoms with Crippen molar-refractivity contribution in [2.45, 2.75) is 167 Å². The van der Waals surface area contributed by atoms with E-state index in [0.717, 1.165) is 0 Å². The van der Waals surface area contributed by atoms with Crippen molar-refractivity contribution < 1.29 is 58.4 Å². The van der Waals surface area contributed by atoms with Gasteiger partial charge in [-0.25, -0.2) is 0 Å². The van der Waals surface area contributed by atoms with E-state index in [-0.39, 0.29) is 30.8 Å². The number of methoxy groups -OCH3 is 1. The van der Waals surface area contributed by atoms with Gasteiger partial charge in [0.25, 0.3) is 0 Å². The molecule has 0 radical (unpaired) electrons. The number of ether oxygens (including phenoxy) is 6. The van der Waals surface area contributed by atoms with Crippen molar-refractivity contribution in [2.75, 3.05) is 21.2 Å². The molecule has 3 aliphatic heterocycles. The minimum Gasteiger partial charge on any atom is -0.462 e. The number of likely N-dealkylation sites (N-methyl/N-ethyl adjacent to an activating group) is 1. The van der Waals surface area contributed by atoms with Gasteiger partial charge in [-0.1, -0.05) is 34.6 Å². The number of hydrogen-bond acceptors (Lipinski definition) is 13. The maximum Gasteiger partial charge on any atom is 0.311 e. The summed E-state index contributed by atoms with van der Waals surface area (Å²) in [5.41, 5.74) is -1.00. The molecule has 18 atom stereocenters. The summed E-state index contributed by atoms with van der Waals surface area (Å²) in [4.78, 5) is 29.5. The SMILES string of the molecule is CCC1OC(=O)[C@H](C)C(O[C@H]2C[C@@](C)(OC)[C@@H](O)[C@H](C)O2)[C@H](C)[C@@H](O[C@@H]2O[C@H](C)C[C@H](N(C)C)[C@H]2O)[C@H](O)C[C@@H](C)C(=O)[C@H](C)[C@@H](O)[C@H]1C. The molecule has 0 bridgehead atoms. The van der Waals surface area contributed by atoms with Crippen LogP contribution in [0.15, 0.2) is 0 Å². The van der Waals surface area contributed by atoms with Gasteiger partial charge < -0.3 is 53.7 Å². The average Bonchev–Trinajstić information content (AvgIpc) is 3.05. The summed E-state index contributed by atoms with van der Waals surface area (Å²) in [6.07, 6.45) is -8.96. The molecule has 13 nitrogen and oxygen atoms in total. The lowest BCUT2D eigenvalue weighted by molar-refractivity contribution is -0.311. The zero-order chi connectivity index (χ0) is 37.1. The van der Waals surface area contributed by atoms with Gasteiger partial charge in [-0.15, -0.1) is 0 Å². The van der Waals surface area contributed by atoms with E-state index >= 15 is 0 Å². The van der Waals surface area contributed by atoms with Crippen LogP contribution in [-0.2, 0) is 38.0 Å². The van der Waals surface area contributed by atoms with Crippen molar-refractivity contribution in [2.24, 2.45) is 29.6 Å². The van der Waals surface area contributed by atoms with Gasteiger partial charge in [0, 0.05) is 43.2 Å². The van der Waals surface area contributed by atoms with E-state index < -0.39 is 103 Å². The third kappa shape index (κ3) is 9.60. The summed E-state index contributed by atoms with van der Waals surface area (Å²) in [5.74, 6) is -4.47. The smallest absolute Gasteiger partial charge is 0.311 e. The largest absolute Gasteiger partial charge is 0.462 e. The minimum atomic E-state index is -1.26. The molecule has 3 rings (SSSR count). The quantitative estimate of drug-likeness (QED) is 0.285. The number of aliphatic hydroxyl groups is 4. The highest BCUT2D eigenvalue weighted by atomic mass is 16.7. The Balaban J connectivity index is 2.10. The van der Waals surface area contributed by atoms with Crippen LogP contribution < -0.4 is 0 Å². The molecule has 0 spiro atoms. The Hall–Kier alpha value is -1.26.